The number of aromatic hydroxyl groups is 1. The molecule has 4 heteroatoms. The fourth-order valence-electron chi connectivity index (χ4n) is 1.41. The molecule has 0 amide bonds. The molecular formula is C10H8ClNO2. The number of benzene rings is 1. The summed E-state index contributed by atoms with van der Waals surface area (Å²) in [6, 6.07) is 6.18. The van der Waals surface area contributed by atoms with E-state index in [2.05, 4.69) is 0 Å². The average molecular weight is 210 g/mol. The van der Waals surface area contributed by atoms with Gasteiger partial charge >= 0.3 is 0 Å². The first kappa shape index (κ1) is 9.09. The molecule has 1 aromatic carbocycles. The second-order valence-electron chi connectivity index (χ2n) is 3.06. The van der Waals surface area contributed by atoms with Crippen molar-refractivity contribution >= 4 is 22.5 Å². The Balaban J connectivity index is 3.01. The Bertz CT molecular complexity index is 560. The average Bonchev–Trinajstić information content (AvgIpc) is 2.17. The molecular weight excluding hydrogens is 202 g/mol. The lowest BCUT2D eigenvalue weighted by Crippen LogP contribution is -2.14. The normalized spacial score (nSPS) is 10.7. The van der Waals surface area contributed by atoms with E-state index in [9.17, 15) is 9.90 Å². The summed E-state index contributed by atoms with van der Waals surface area (Å²) in [6.07, 6.45) is 0. The number of pyridine rings is 1. The SMILES string of the molecule is Cn1c(=O)ccc2c(Cl)c(O)ccc21. The molecule has 2 rings (SSSR count). The monoisotopic (exact) mass is 209 g/mol. The molecule has 3 nitrogen and oxygen atoms in total. The Morgan fingerprint density at radius 3 is 2.71 bits per heavy atom. The van der Waals surface area contributed by atoms with E-state index in [0.717, 1.165) is 0 Å². The van der Waals surface area contributed by atoms with Crippen LogP contribution in [0.5, 0.6) is 5.75 Å². The van der Waals surface area contributed by atoms with Gasteiger partial charge < -0.3 is 9.67 Å². The molecule has 0 saturated heterocycles. The van der Waals surface area contributed by atoms with Crippen molar-refractivity contribution in [1.82, 2.24) is 4.57 Å². The number of aromatic nitrogens is 1. The van der Waals surface area contributed by atoms with Gasteiger partial charge in [-0.1, -0.05) is 11.6 Å². The van der Waals surface area contributed by atoms with Crippen molar-refractivity contribution in [2.24, 2.45) is 7.05 Å². The highest BCUT2D eigenvalue weighted by atomic mass is 35.5. The van der Waals surface area contributed by atoms with Gasteiger partial charge in [0.1, 0.15) is 5.75 Å². The van der Waals surface area contributed by atoms with Crippen LogP contribution in [-0.4, -0.2) is 9.67 Å². The van der Waals surface area contributed by atoms with Crippen molar-refractivity contribution in [1.29, 1.82) is 0 Å². The fourth-order valence-corrected chi connectivity index (χ4v) is 1.63. The predicted molar refractivity (Wildman–Crippen MR) is 55.9 cm³/mol. The van der Waals surface area contributed by atoms with Crippen LogP contribution in [0.4, 0.5) is 0 Å². The van der Waals surface area contributed by atoms with Crippen molar-refractivity contribution < 1.29 is 5.11 Å². The number of phenolic OH excluding ortho intramolecular Hbond substituents is 1. The zero-order valence-corrected chi connectivity index (χ0v) is 8.25. The van der Waals surface area contributed by atoms with Crippen LogP contribution in [0.2, 0.25) is 5.02 Å². The highest BCUT2D eigenvalue weighted by molar-refractivity contribution is 6.36. The van der Waals surface area contributed by atoms with E-state index in [-0.39, 0.29) is 16.3 Å². The number of fused-ring (bicyclic) bond motifs is 1. The Morgan fingerprint density at radius 1 is 1.29 bits per heavy atom. The first-order valence-corrected chi connectivity index (χ1v) is 4.46. The smallest absolute Gasteiger partial charge is 0.250 e. The van der Waals surface area contributed by atoms with Gasteiger partial charge in [0.25, 0.3) is 5.56 Å². The van der Waals surface area contributed by atoms with Crippen molar-refractivity contribution in [3.63, 3.8) is 0 Å². The summed E-state index contributed by atoms with van der Waals surface area (Å²) in [5, 5.41) is 10.3. The lowest BCUT2D eigenvalue weighted by Gasteiger charge is -2.06. The number of aryl methyl sites for hydroxylation is 1. The minimum Gasteiger partial charge on any atom is -0.506 e. The number of nitrogens with zero attached hydrogens (tertiary/aromatic N) is 1. The number of phenols is 1. The zero-order chi connectivity index (χ0) is 10.3. The van der Waals surface area contributed by atoms with Gasteiger partial charge in [0, 0.05) is 18.5 Å². The van der Waals surface area contributed by atoms with Crippen molar-refractivity contribution in [2.75, 3.05) is 0 Å². The van der Waals surface area contributed by atoms with E-state index in [1.807, 2.05) is 0 Å². The summed E-state index contributed by atoms with van der Waals surface area (Å²) in [6.45, 7) is 0. The molecule has 0 aliphatic rings. The molecule has 72 valence electrons. The molecule has 0 atom stereocenters. The first-order chi connectivity index (χ1) is 6.61. The summed E-state index contributed by atoms with van der Waals surface area (Å²) >= 11 is 5.88. The van der Waals surface area contributed by atoms with Gasteiger partial charge in [-0.3, -0.25) is 4.79 Å². The molecule has 2 aromatic rings. The molecule has 0 radical (unpaired) electrons. The second kappa shape index (κ2) is 3.03. The second-order valence-corrected chi connectivity index (χ2v) is 3.44. The number of halogens is 1. The molecule has 14 heavy (non-hydrogen) atoms. The molecule has 0 bridgehead atoms. The van der Waals surface area contributed by atoms with Crippen LogP contribution in [0, 0.1) is 0 Å². The summed E-state index contributed by atoms with van der Waals surface area (Å²) in [5.41, 5.74) is 0.611. The molecule has 0 aliphatic heterocycles. The Hall–Kier alpha value is -1.48. The number of hydrogen-bond acceptors (Lipinski definition) is 2. The van der Waals surface area contributed by atoms with E-state index in [1.165, 1.54) is 16.7 Å². The highest BCUT2D eigenvalue weighted by Crippen LogP contribution is 2.30. The maximum Gasteiger partial charge on any atom is 0.250 e. The largest absolute Gasteiger partial charge is 0.506 e. The maximum atomic E-state index is 11.3. The maximum absolute atomic E-state index is 11.3. The van der Waals surface area contributed by atoms with Crippen molar-refractivity contribution in [3.8, 4) is 5.75 Å². The summed E-state index contributed by atoms with van der Waals surface area (Å²) in [5.74, 6) is 0.0258. The van der Waals surface area contributed by atoms with Crippen LogP contribution in [0.3, 0.4) is 0 Å². The summed E-state index contributed by atoms with van der Waals surface area (Å²) in [7, 11) is 1.66. The predicted octanol–water partition coefficient (Wildman–Crippen LogP) is 1.90. The first-order valence-electron chi connectivity index (χ1n) is 4.08. The van der Waals surface area contributed by atoms with Gasteiger partial charge in [0.05, 0.1) is 10.5 Å². The molecule has 1 heterocycles. The van der Waals surface area contributed by atoms with E-state index in [0.29, 0.717) is 10.9 Å². The topological polar surface area (TPSA) is 42.2 Å². The van der Waals surface area contributed by atoms with Gasteiger partial charge in [-0.25, -0.2) is 0 Å². The lowest BCUT2D eigenvalue weighted by molar-refractivity contribution is 0.476. The van der Waals surface area contributed by atoms with E-state index in [1.54, 1.807) is 19.2 Å². The Labute approximate surface area is 85.2 Å². The molecule has 0 saturated carbocycles. The lowest BCUT2D eigenvalue weighted by atomic mass is 10.2. The van der Waals surface area contributed by atoms with Crippen LogP contribution >= 0.6 is 11.6 Å². The Kier molecular flexibility index (Phi) is 1.97. The van der Waals surface area contributed by atoms with Crippen LogP contribution in [0.1, 0.15) is 0 Å². The quantitative estimate of drug-likeness (QED) is 0.720. The zero-order valence-electron chi connectivity index (χ0n) is 7.49. The van der Waals surface area contributed by atoms with Gasteiger partial charge in [-0.2, -0.15) is 0 Å². The van der Waals surface area contributed by atoms with E-state index in [4.69, 9.17) is 11.6 Å². The minimum absolute atomic E-state index is 0.0258. The van der Waals surface area contributed by atoms with E-state index >= 15 is 0 Å². The number of hydrogen-bond donors (Lipinski definition) is 1. The third kappa shape index (κ3) is 1.17. The number of rotatable bonds is 0. The van der Waals surface area contributed by atoms with Crippen LogP contribution in [0.15, 0.2) is 29.1 Å². The third-order valence-electron chi connectivity index (χ3n) is 2.22. The van der Waals surface area contributed by atoms with E-state index < -0.39 is 0 Å². The standard InChI is InChI=1S/C10H8ClNO2/c1-12-7-3-4-8(13)10(11)6(7)2-5-9(12)14/h2-5,13H,1H3. The van der Waals surface area contributed by atoms with Crippen molar-refractivity contribution in [2.45, 2.75) is 0 Å². The fraction of sp³-hybridized carbons (Fsp3) is 0.100. The van der Waals surface area contributed by atoms with Gasteiger partial charge in [-0.05, 0) is 18.2 Å². The van der Waals surface area contributed by atoms with Crippen LogP contribution in [0.25, 0.3) is 10.9 Å². The van der Waals surface area contributed by atoms with Crippen LogP contribution in [-0.2, 0) is 7.05 Å². The van der Waals surface area contributed by atoms with Crippen molar-refractivity contribution in [3.05, 3.63) is 39.6 Å². The molecule has 0 spiro atoms. The molecule has 0 aliphatic carbocycles. The third-order valence-corrected chi connectivity index (χ3v) is 2.62. The Morgan fingerprint density at radius 2 is 2.00 bits per heavy atom. The van der Waals surface area contributed by atoms with Gasteiger partial charge in [-0.15, -0.1) is 0 Å². The molecule has 1 N–H and O–H groups in total. The highest BCUT2D eigenvalue weighted by Gasteiger charge is 2.06. The minimum atomic E-state index is -0.0979. The summed E-state index contributed by atoms with van der Waals surface area (Å²) in [4.78, 5) is 11.3. The molecule has 0 fully saturated rings. The van der Waals surface area contributed by atoms with Gasteiger partial charge in [0.2, 0.25) is 0 Å². The van der Waals surface area contributed by atoms with Gasteiger partial charge in [0.15, 0.2) is 0 Å². The molecule has 0 unspecified atom stereocenters. The summed E-state index contributed by atoms with van der Waals surface area (Å²) < 4.78 is 1.49. The molecule has 1 aromatic heterocycles. The van der Waals surface area contributed by atoms with Crippen LogP contribution < -0.4 is 5.56 Å².